The third-order valence-corrected chi connectivity index (χ3v) is 4.30. The first-order valence-electron chi connectivity index (χ1n) is 8.32. The van der Waals surface area contributed by atoms with Gasteiger partial charge in [0.2, 0.25) is 5.91 Å². The van der Waals surface area contributed by atoms with E-state index >= 15 is 0 Å². The summed E-state index contributed by atoms with van der Waals surface area (Å²) in [6.45, 7) is 0.314. The maximum Gasteiger partial charge on any atom is 0.269 e. The van der Waals surface area contributed by atoms with Crippen LogP contribution < -0.4 is 10.1 Å². The molecule has 144 valence electrons. The van der Waals surface area contributed by atoms with Gasteiger partial charge < -0.3 is 10.1 Å². The molecule has 1 amide bonds. The molecule has 0 spiro atoms. The van der Waals surface area contributed by atoms with Gasteiger partial charge in [-0.15, -0.1) is 0 Å². The maximum atomic E-state index is 12.2. The largest absolute Gasteiger partial charge is 0.496 e. The molecule has 3 aromatic rings. The number of aromatic nitrogens is 2. The number of carbonyl (C=O) groups is 1. The minimum Gasteiger partial charge on any atom is -0.496 e. The number of methoxy groups -OCH3 is 1. The van der Waals surface area contributed by atoms with Crippen molar-refractivity contribution in [3.05, 3.63) is 75.6 Å². The molecule has 0 aliphatic rings. The molecule has 0 aliphatic heterocycles. The highest BCUT2D eigenvalue weighted by Gasteiger charge is 2.10. The Hall–Kier alpha value is -3.39. The van der Waals surface area contributed by atoms with E-state index in [-0.39, 0.29) is 24.7 Å². The van der Waals surface area contributed by atoms with Gasteiger partial charge in [0.1, 0.15) is 12.3 Å². The normalized spacial score (nSPS) is 10.5. The number of halogens is 1. The van der Waals surface area contributed by atoms with Gasteiger partial charge in [-0.05, 0) is 35.9 Å². The van der Waals surface area contributed by atoms with Gasteiger partial charge in [0.15, 0.2) is 0 Å². The average Bonchev–Trinajstić information content (AvgIpc) is 3.15. The Bertz CT molecular complexity index is 1000. The van der Waals surface area contributed by atoms with E-state index in [0.29, 0.717) is 10.8 Å². The van der Waals surface area contributed by atoms with Crippen LogP contribution in [-0.4, -0.2) is 27.7 Å². The second-order valence-corrected chi connectivity index (χ2v) is 6.40. The van der Waals surface area contributed by atoms with E-state index in [1.807, 2.05) is 0 Å². The number of non-ortho nitro benzene ring substituents is 1. The summed E-state index contributed by atoms with van der Waals surface area (Å²) < 4.78 is 6.76. The lowest BCUT2D eigenvalue weighted by Crippen LogP contribution is -2.27. The Labute approximate surface area is 165 Å². The molecule has 0 aliphatic carbocycles. The summed E-state index contributed by atoms with van der Waals surface area (Å²) in [6, 6.07) is 11.3. The summed E-state index contributed by atoms with van der Waals surface area (Å²) in [6.07, 6.45) is 3.31. The monoisotopic (exact) mass is 400 g/mol. The molecule has 0 fully saturated rings. The standard InChI is InChI=1S/C19H17ClN4O4/c1-28-18-7-4-16(20)8-14(18)9-21-19(25)12-23-11-15(10-22-23)13-2-5-17(6-3-13)24(26)27/h2-8,10-11H,9,12H2,1H3,(H,21,25). The van der Waals surface area contributed by atoms with E-state index in [4.69, 9.17) is 16.3 Å². The van der Waals surface area contributed by atoms with Crippen molar-refractivity contribution >= 4 is 23.2 Å². The average molecular weight is 401 g/mol. The molecule has 0 bridgehead atoms. The number of nitro benzene ring substituents is 1. The summed E-state index contributed by atoms with van der Waals surface area (Å²) in [4.78, 5) is 22.5. The Kier molecular flexibility index (Phi) is 5.90. The van der Waals surface area contributed by atoms with Gasteiger partial charge in [0, 0.05) is 41.0 Å². The number of amides is 1. The number of hydrogen-bond donors (Lipinski definition) is 1. The Balaban J connectivity index is 1.61. The predicted octanol–water partition coefficient (Wildman–Crippen LogP) is 3.44. The summed E-state index contributed by atoms with van der Waals surface area (Å²) >= 11 is 5.99. The van der Waals surface area contributed by atoms with Gasteiger partial charge in [-0.25, -0.2) is 0 Å². The van der Waals surface area contributed by atoms with Gasteiger partial charge in [0.25, 0.3) is 5.69 Å². The molecule has 0 atom stereocenters. The predicted molar refractivity (Wildman–Crippen MR) is 104 cm³/mol. The van der Waals surface area contributed by atoms with E-state index < -0.39 is 4.92 Å². The lowest BCUT2D eigenvalue weighted by Gasteiger charge is -2.10. The molecular formula is C19H17ClN4O4. The molecule has 28 heavy (non-hydrogen) atoms. The van der Waals surface area contributed by atoms with E-state index in [1.54, 1.807) is 49.8 Å². The maximum absolute atomic E-state index is 12.2. The second-order valence-electron chi connectivity index (χ2n) is 5.96. The van der Waals surface area contributed by atoms with Crippen molar-refractivity contribution in [1.29, 1.82) is 0 Å². The molecule has 1 heterocycles. The van der Waals surface area contributed by atoms with Crippen molar-refractivity contribution < 1.29 is 14.5 Å². The van der Waals surface area contributed by atoms with Crippen LogP contribution in [0.3, 0.4) is 0 Å². The minimum absolute atomic E-state index is 0.0203. The number of rotatable bonds is 7. The molecule has 9 heteroatoms. The molecule has 1 N–H and O–H groups in total. The molecule has 0 unspecified atom stereocenters. The van der Waals surface area contributed by atoms with E-state index in [9.17, 15) is 14.9 Å². The van der Waals surface area contributed by atoms with Gasteiger partial charge in [0.05, 0.1) is 18.2 Å². The van der Waals surface area contributed by atoms with E-state index in [1.165, 1.54) is 16.8 Å². The number of ether oxygens (including phenoxy) is 1. The number of nitrogens with one attached hydrogen (secondary N) is 1. The fraction of sp³-hybridized carbons (Fsp3) is 0.158. The van der Waals surface area contributed by atoms with Gasteiger partial charge in [-0.2, -0.15) is 5.10 Å². The Morgan fingerprint density at radius 1 is 1.25 bits per heavy atom. The highest BCUT2D eigenvalue weighted by Crippen LogP contribution is 2.23. The SMILES string of the molecule is COc1ccc(Cl)cc1CNC(=O)Cn1cc(-c2ccc([N+](=O)[O-])cc2)cn1. The van der Waals surface area contributed by atoms with Crippen LogP contribution in [0.4, 0.5) is 5.69 Å². The minimum atomic E-state index is -0.452. The zero-order chi connectivity index (χ0) is 20.1. The molecule has 1 aromatic heterocycles. The molecule has 2 aromatic carbocycles. The Morgan fingerprint density at radius 2 is 2.00 bits per heavy atom. The highest BCUT2D eigenvalue weighted by molar-refractivity contribution is 6.30. The topological polar surface area (TPSA) is 99.3 Å². The summed E-state index contributed by atoms with van der Waals surface area (Å²) in [5.74, 6) is 0.421. The van der Waals surface area contributed by atoms with Gasteiger partial charge in [-0.1, -0.05) is 11.6 Å². The second kappa shape index (κ2) is 8.53. The quantitative estimate of drug-likeness (QED) is 0.483. The summed E-state index contributed by atoms with van der Waals surface area (Å²) in [5, 5.41) is 18.3. The van der Waals surface area contributed by atoms with Gasteiger partial charge in [-0.3, -0.25) is 19.6 Å². The third kappa shape index (κ3) is 4.66. The van der Waals surface area contributed by atoms with Crippen molar-refractivity contribution in [2.24, 2.45) is 0 Å². The van der Waals surface area contributed by atoms with E-state index in [2.05, 4.69) is 10.4 Å². The molecular weight excluding hydrogens is 384 g/mol. The fourth-order valence-corrected chi connectivity index (χ4v) is 2.85. The van der Waals surface area contributed by atoms with Crippen LogP contribution in [0.1, 0.15) is 5.56 Å². The number of benzene rings is 2. The van der Waals surface area contributed by atoms with Gasteiger partial charge >= 0.3 is 0 Å². The molecule has 0 saturated carbocycles. The first kappa shape index (κ1) is 19.4. The molecule has 3 rings (SSSR count). The lowest BCUT2D eigenvalue weighted by atomic mass is 10.1. The third-order valence-electron chi connectivity index (χ3n) is 4.07. The van der Waals surface area contributed by atoms with Crippen LogP contribution in [0.25, 0.3) is 11.1 Å². The summed E-state index contributed by atoms with van der Waals surface area (Å²) in [5.41, 5.74) is 2.34. The van der Waals surface area contributed by atoms with Crippen molar-refractivity contribution in [1.82, 2.24) is 15.1 Å². The van der Waals surface area contributed by atoms with Crippen molar-refractivity contribution in [3.8, 4) is 16.9 Å². The fourth-order valence-electron chi connectivity index (χ4n) is 2.66. The zero-order valence-electron chi connectivity index (χ0n) is 15.0. The van der Waals surface area contributed by atoms with Crippen molar-refractivity contribution in [2.45, 2.75) is 13.1 Å². The number of hydrogen-bond acceptors (Lipinski definition) is 5. The van der Waals surface area contributed by atoms with Crippen LogP contribution in [0, 0.1) is 10.1 Å². The number of nitrogens with zero attached hydrogens (tertiary/aromatic N) is 3. The molecule has 0 saturated heterocycles. The van der Waals surface area contributed by atoms with Crippen LogP contribution in [0.15, 0.2) is 54.9 Å². The molecule has 8 nitrogen and oxygen atoms in total. The van der Waals surface area contributed by atoms with Crippen LogP contribution >= 0.6 is 11.6 Å². The lowest BCUT2D eigenvalue weighted by molar-refractivity contribution is -0.384. The molecule has 0 radical (unpaired) electrons. The van der Waals surface area contributed by atoms with Crippen LogP contribution in [0.5, 0.6) is 5.75 Å². The van der Waals surface area contributed by atoms with Crippen LogP contribution in [0.2, 0.25) is 5.02 Å². The Morgan fingerprint density at radius 3 is 2.68 bits per heavy atom. The van der Waals surface area contributed by atoms with Crippen molar-refractivity contribution in [3.63, 3.8) is 0 Å². The number of carbonyl (C=O) groups excluding carboxylic acids is 1. The number of nitro groups is 1. The van der Waals surface area contributed by atoms with E-state index in [0.717, 1.165) is 16.7 Å². The zero-order valence-corrected chi connectivity index (χ0v) is 15.7. The first-order chi connectivity index (χ1) is 13.5. The van der Waals surface area contributed by atoms with Crippen molar-refractivity contribution in [2.75, 3.05) is 7.11 Å². The van der Waals surface area contributed by atoms with Crippen LogP contribution in [-0.2, 0) is 17.9 Å². The first-order valence-corrected chi connectivity index (χ1v) is 8.70. The summed E-state index contributed by atoms with van der Waals surface area (Å²) in [7, 11) is 1.55. The highest BCUT2D eigenvalue weighted by atomic mass is 35.5. The smallest absolute Gasteiger partial charge is 0.269 e.